The zero-order valence-electron chi connectivity index (χ0n) is 11.1. The van der Waals surface area contributed by atoms with Gasteiger partial charge < -0.3 is 9.80 Å². The van der Waals surface area contributed by atoms with Crippen molar-refractivity contribution in [3.8, 4) is 0 Å². The van der Waals surface area contributed by atoms with Gasteiger partial charge in [0.1, 0.15) is 0 Å². The smallest absolute Gasteiger partial charge is 0.304 e. The van der Waals surface area contributed by atoms with Crippen LogP contribution in [0.15, 0.2) is 6.07 Å². The molecule has 1 aliphatic rings. The summed E-state index contributed by atoms with van der Waals surface area (Å²) < 4.78 is 0. The van der Waals surface area contributed by atoms with Crippen molar-refractivity contribution in [2.45, 2.75) is 13.8 Å². The fourth-order valence-corrected chi connectivity index (χ4v) is 3.24. The van der Waals surface area contributed by atoms with Crippen molar-refractivity contribution in [1.82, 2.24) is 4.90 Å². The molecule has 19 heavy (non-hydrogen) atoms. The van der Waals surface area contributed by atoms with Gasteiger partial charge in [0.2, 0.25) is 0 Å². The zero-order chi connectivity index (χ0) is 14.0. The van der Waals surface area contributed by atoms with Crippen molar-refractivity contribution in [2.24, 2.45) is 0 Å². The van der Waals surface area contributed by atoms with E-state index in [-0.39, 0.29) is 11.5 Å². The Kier molecular flexibility index (Phi) is 4.16. The number of carbonyl (C=O) groups excluding carboxylic acids is 1. The number of anilines is 1. The lowest BCUT2D eigenvalue weighted by molar-refractivity contribution is -0.383. The first-order valence-electron chi connectivity index (χ1n) is 6.29. The molecule has 1 aromatic heterocycles. The topological polar surface area (TPSA) is 66.7 Å². The molecule has 1 aliphatic heterocycles. The number of carbonyl (C=O) groups is 1. The molecule has 0 amide bonds. The lowest BCUT2D eigenvalue weighted by atomic mass is 10.3. The molecule has 6 nitrogen and oxygen atoms in total. The van der Waals surface area contributed by atoms with Crippen molar-refractivity contribution in [3.05, 3.63) is 21.1 Å². The monoisotopic (exact) mass is 283 g/mol. The third-order valence-electron chi connectivity index (χ3n) is 3.34. The molecule has 0 saturated carbocycles. The summed E-state index contributed by atoms with van der Waals surface area (Å²) in [6.07, 6.45) is 0. The van der Waals surface area contributed by atoms with Gasteiger partial charge in [0.15, 0.2) is 10.8 Å². The molecule has 104 valence electrons. The number of Topliss-reactive ketones (excluding diaryl/α,β-unsaturated/α-hetero) is 1. The largest absolute Gasteiger partial charge is 0.355 e. The molecular weight excluding hydrogens is 266 g/mol. The van der Waals surface area contributed by atoms with Gasteiger partial charge in [0.05, 0.1) is 9.80 Å². The summed E-state index contributed by atoms with van der Waals surface area (Å²) in [6.45, 7) is 7.89. The second-order valence-corrected chi connectivity index (χ2v) is 5.57. The third kappa shape index (κ3) is 2.93. The average Bonchev–Trinajstić information content (AvgIpc) is 2.84. The fraction of sp³-hybridized carbons (Fsp3) is 0.583. The van der Waals surface area contributed by atoms with Crippen molar-refractivity contribution < 1.29 is 9.72 Å². The molecule has 2 rings (SSSR count). The number of nitro groups is 1. The number of ketones is 1. The normalized spacial score (nSPS) is 16.6. The van der Waals surface area contributed by atoms with Gasteiger partial charge in [-0.15, -0.1) is 11.3 Å². The zero-order valence-corrected chi connectivity index (χ0v) is 11.9. The molecule has 7 heteroatoms. The number of piperazine rings is 1. The number of rotatable bonds is 4. The van der Waals surface area contributed by atoms with E-state index in [9.17, 15) is 14.9 Å². The summed E-state index contributed by atoms with van der Waals surface area (Å²) in [7, 11) is 0. The van der Waals surface area contributed by atoms with Gasteiger partial charge in [0, 0.05) is 32.2 Å². The highest BCUT2D eigenvalue weighted by Crippen LogP contribution is 2.38. The summed E-state index contributed by atoms with van der Waals surface area (Å²) in [6, 6.07) is 1.40. The first kappa shape index (κ1) is 14.0. The van der Waals surface area contributed by atoms with E-state index >= 15 is 0 Å². The summed E-state index contributed by atoms with van der Waals surface area (Å²) in [5, 5.41) is 11.7. The van der Waals surface area contributed by atoms with Crippen LogP contribution >= 0.6 is 11.3 Å². The summed E-state index contributed by atoms with van der Waals surface area (Å²) in [5.74, 6) is -0.119. The highest BCUT2D eigenvalue weighted by Gasteiger charge is 2.27. The Morgan fingerprint density at radius 2 is 2.05 bits per heavy atom. The molecule has 0 radical (unpaired) electrons. The van der Waals surface area contributed by atoms with Gasteiger partial charge in [-0.2, -0.15) is 0 Å². The molecule has 0 N–H and O–H groups in total. The lowest BCUT2D eigenvalue weighted by Gasteiger charge is -2.34. The van der Waals surface area contributed by atoms with E-state index in [0.29, 0.717) is 9.88 Å². The Balaban J connectivity index is 2.24. The molecule has 0 spiro atoms. The van der Waals surface area contributed by atoms with Gasteiger partial charge in [-0.1, -0.05) is 6.92 Å². The quantitative estimate of drug-likeness (QED) is 0.480. The number of hydrogen-bond acceptors (Lipinski definition) is 6. The minimum Gasteiger partial charge on any atom is -0.355 e. The maximum atomic E-state index is 11.4. The number of likely N-dealkylation sites (N-methyl/N-ethyl adjacent to an activating group) is 1. The van der Waals surface area contributed by atoms with Gasteiger partial charge in [0.25, 0.3) is 0 Å². The first-order valence-corrected chi connectivity index (χ1v) is 7.11. The van der Waals surface area contributed by atoms with Crippen LogP contribution in [0.4, 0.5) is 10.7 Å². The van der Waals surface area contributed by atoms with Crippen LogP contribution in [0.1, 0.15) is 23.5 Å². The van der Waals surface area contributed by atoms with Crippen molar-refractivity contribution in [2.75, 3.05) is 37.6 Å². The maximum absolute atomic E-state index is 11.4. The predicted octanol–water partition coefficient (Wildman–Crippen LogP) is 2.00. The van der Waals surface area contributed by atoms with Crippen LogP contribution in [0.5, 0.6) is 0 Å². The SMILES string of the molecule is CCN1CCN(c2sc(C(C)=O)cc2[N+](=O)[O-])CC1. The summed E-state index contributed by atoms with van der Waals surface area (Å²) >= 11 is 1.23. The first-order chi connectivity index (χ1) is 9.02. The van der Waals surface area contributed by atoms with Gasteiger partial charge in [-0.25, -0.2) is 0 Å². The van der Waals surface area contributed by atoms with E-state index in [4.69, 9.17) is 0 Å². The Bertz CT molecular complexity index is 492. The Hall–Kier alpha value is -1.47. The molecule has 0 aromatic carbocycles. The standard InChI is InChI=1S/C12H17N3O3S/c1-3-13-4-6-14(7-5-13)12-10(15(17)18)8-11(19-12)9(2)16/h8H,3-7H2,1-2H3. The predicted molar refractivity (Wildman–Crippen MR) is 75.3 cm³/mol. The van der Waals surface area contributed by atoms with Gasteiger partial charge in [-0.05, 0) is 13.5 Å². The van der Waals surface area contributed by atoms with Crippen LogP contribution in [0, 0.1) is 10.1 Å². The average molecular weight is 283 g/mol. The maximum Gasteiger partial charge on any atom is 0.304 e. The van der Waals surface area contributed by atoms with Gasteiger partial charge >= 0.3 is 5.69 Å². The van der Waals surface area contributed by atoms with E-state index in [1.54, 1.807) is 0 Å². The van der Waals surface area contributed by atoms with E-state index in [0.717, 1.165) is 32.7 Å². The summed E-state index contributed by atoms with van der Waals surface area (Å²) in [4.78, 5) is 26.8. The minimum atomic E-state index is -0.398. The second-order valence-electron chi connectivity index (χ2n) is 4.54. The highest BCUT2D eigenvalue weighted by molar-refractivity contribution is 7.18. The summed E-state index contributed by atoms with van der Waals surface area (Å²) in [5.41, 5.74) is 0.0557. The van der Waals surface area contributed by atoms with Crippen LogP contribution < -0.4 is 4.90 Å². The second kappa shape index (κ2) is 5.66. The van der Waals surface area contributed by atoms with E-state index < -0.39 is 4.92 Å². The van der Waals surface area contributed by atoms with E-state index in [2.05, 4.69) is 11.8 Å². The molecular formula is C12H17N3O3S. The molecule has 1 saturated heterocycles. The van der Waals surface area contributed by atoms with Crippen LogP contribution in [0.3, 0.4) is 0 Å². The number of thiophene rings is 1. The van der Waals surface area contributed by atoms with Crippen LogP contribution in [0.25, 0.3) is 0 Å². The van der Waals surface area contributed by atoms with Crippen molar-refractivity contribution in [3.63, 3.8) is 0 Å². The van der Waals surface area contributed by atoms with Gasteiger partial charge in [-0.3, -0.25) is 14.9 Å². The molecule has 0 aliphatic carbocycles. The van der Waals surface area contributed by atoms with E-state index in [1.807, 2.05) is 4.90 Å². The minimum absolute atomic E-state index is 0.0557. The van der Waals surface area contributed by atoms with Crippen LogP contribution in [-0.2, 0) is 0 Å². The Morgan fingerprint density at radius 3 is 2.53 bits per heavy atom. The molecule has 0 unspecified atom stereocenters. The van der Waals surface area contributed by atoms with Crippen molar-refractivity contribution in [1.29, 1.82) is 0 Å². The third-order valence-corrected chi connectivity index (χ3v) is 4.63. The number of nitrogens with zero attached hydrogens (tertiary/aromatic N) is 3. The molecule has 1 aromatic rings. The fourth-order valence-electron chi connectivity index (χ4n) is 2.17. The van der Waals surface area contributed by atoms with Crippen LogP contribution in [-0.4, -0.2) is 48.3 Å². The van der Waals surface area contributed by atoms with E-state index in [1.165, 1.54) is 24.3 Å². The lowest BCUT2D eigenvalue weighted by Crippen LogP contribution is -2.46. The number of hydrogen-bond donors (Lipinski definition) is 0. The molecule has 0 bridgehead atoms. The molecule has 0 atom stereocenters. The molecule has 2 heterocycles. The van der Waals surface area contributed by atoms with Crippen LogP contribution in [0.2, 0.25) is 0 Å². The Labute approximate surface area is 115 Å². The highest BCUT2D eigenvalue weighted by atomic mass is 32.1. The Morgan fingerprint density at radius 1 is 1.42 bits per heavy atom. The molecule has 1 fully saturated rings. The van der Waals surface area contributed by atoms with Crippen molar-refractivity contribution >= 4 is 27.8 Å².